The molecular weight excluding hydrogens is 499 g/mol. The van der Waals surface area contributed by atoms with Crippen molar-refractivity contribution in [2.75, 3.05) is 13.2 Å². The molecule has 0 unspecified atom stereocenters. The molecule has 1 aromatic carbocycles. The number of aromatic nitrogens is 2. The van der Waals surface area contributed by atoms with Crippen LogP contribution in [-0.4, -0.2) is 46.3 Å². The quantitative estimate of drug-likeness (QED) is 0.495. The fraction of sp³-hybridized carbons (Fsp3) is 0.643. The lowest BCUT2D eigenvalue weighted by Crippen LogP contribution is -2.30. The number of hydrogen-bond acceptors (Lipinski definition) is 4. The van der Waals surface area contributed by atoms with Crippen LogP contribution in [0.3, 0.4) is 0 Å². The molecule has 0 spiro atoms. The van der Waals surface area contributed by atoms with Gasteiger partial charge in [-0.15, -0.1) is 0 Å². The number of alkyl halides is 3. The predicted molar refractivity (Wildman–Crippen MR) is 136 cm³/mol. The number of benzene rings is 1. The van der Waals surface area contributed by atoms with E-state index in [0.29, 0.717) is 18.6 Å². The summed E-state index contributed by atoms with van der Waals surface area (Å²) < 4.78 is 62.1. The number of ether oxygens (including phenoxy) is 3. The van der Waals surface area contributed by atoms with Crippen LogP contribution in [0.4, 0.5) is 13.2 Å². The lowest BCUT2D eigenvalue weighted by molar-refractivity contribution is -0.137. The second-order valence-electron chi connectivity index (χ2n) is 11.9. The van der Waals surface area contributed by atoms with Crippen LogP contribution >= 0.6 is 0 Å². The molecule has 2 atom stereocenters. The van der Waals surface area contributed by atoms with E-state index < -0.39 is 17.6 Å². The SMILES string of the molecule is Cn1c(C(C)(C)C)cc(=NC(=O)c2cc(C(F)(F)F)ccc2OC[C@@H]2CCC(C)(C)O2)n1C[C@H]1CCCO1. The van der Waals surface area contributed by atoms with Crippen LogP contribution in [0.2, 0.25) is 0 Å². The molecule has 210 valence electrons. The van der Waals surface area contributed by atoms with Gasteiger partial charge in [0.2, 0.25) is 0 Å². The summed E-state index contributed by atoms with van der Waals surface area (Å²) >= 11 is 0. The Morgan fingerprint density at radius 2 is 1.89 bits per heavy atom. The highest BCUT2D eigenvalue weighted by molar-refractivity contribution is 5.97. The molecule has 2 saturated heterocycles. The van der Waals surface area contributed by atoms with Gasteiger partial charge >= 0.3 is 6.18 Å². The Kier molecular flexibility index (Phi) is 7.87. The third-order valence-corrected chi connectivity index (χ3v) is 7.14. The fourth-order valence-electron chi connectivity index (χ4n) is 5.10. The van der Waals surface area contributed by atoms with Crippen LogP contribution in [0.1, 0.15) is 81.9 Å². The maximum atomic E-state index is 13.6. The minimum atomic E-state index is -4.61. The number of nitrogens with zero attached hydrogens (tertiary/aromatic N) is 3. The summed E-state index contributed by atoms with van der Waals surface area (Å²) in [6, 6.07) is 4.75. The molecule has 0 bridgehead atoms. The molecule has 2 aliphatic heterocycles. The molecule has 0 radical (unpaired) electrons. The van der Waals surface area contributed by atoms with Gasteiger partial charge in [-0.3, -0.25) is 14.2 Å². The molecule has 2 fully saturated rings. The molecule has 1 amide bonds. The fourth-order valence-corrected chi connectivity index (χ4v) is 5.10. The molecule has 10 heteroatoms. The Morgan fingerprint density at radius 3 is 2.47 bits per heavy atom. The third-order valence-electron chi connectivity index (χ3n) is 7.14. The first-order chi connectivity index (χ1) is 17.6. The first-order valence-corrected chi connectivity index (χ1v) is 13.1. The van der Waals surface area contributed by atoms with E-state index in [0.717, 1.165) is 43.5 Å². The summed E-state index contributed by atoms with van der Waals surface area (Å²) in [5.41, 5.74) is -0.398. The standard InChI is InChI=1S/C28H38F3N3O4/c1-26(2,3)23-15-24(34(33(23)6)16-19-8-7-13-36-19)32-25(35)21-14-18(28(29,30)31)9-10-22(21)37-17-20-11-12-27(4,5)38-20/h9-10,14-15,19-20H,7-8,11-13,16-17H2,1-6H3/t19-,20+/m1/s1. The molecule has 38 heavy (non-hydrogen) atoms. The average molecular weight is 538 g/mol. The maximum Gasteiger partial charge on any atom is 0.416 e. The van der Waals surface area contributed by atoms with Crippen molar-refractivity contribution < 1.29 is 32.2 Å². The Balaban J connectivity index is 1.71. The van der Waals surface area contributed by atoms with Crippen molar-refractivity contribution in [1.29, 1.82) is 0 Å². The van der Waals surface area contributed by atoms with E-state index in [2.05, 4.69) is 25.8 Å². The van der Waals surface area contributed by atoms with Gasteiger partial charge in [-0.1, -0.05) is 20.8 Å². The molecule has 2 aliphatic rings. The Morgan fingerprint density at radius 1 is 1.16 bits per heavy atom. The van der Waals surface area contributed by atoms with Crippen molar-refractivity contribution in [3.05, 3.63) is 46.6 Å². The first-order valence-electron chi connectivity index (χ1n) is 13.1. The van der Waals surface area contributed by atoms with E-state index in [1.165, 1.54) is 6.07 Å². The maximum absolute atomic E-state index is 13.6. The number of amides is 1. The number of carbonyl (C=O) groups is 1. The van der Waals surface area contributed by atoms with Crippen molar-refractivity contribution in [3.63, 3.8) is 0 Å². The monoisotopic (exact) mass is 537 g/mol. The zero-order valence-corrected chi connectivity index (χ0v) is 23.0. The third kappa shape index (κ3) is 6.51. The summed E-state index contributed by atoms with van der Waals surface area (Å²) in [5.74, 6) is -0.747. The molecule has 3 heterocycles. The Hall–Kier alpha value is -2.59. The minimum absolute atomic E-state index is 0.0198. The molecule has 0 N–H and O–H groups in total. The van der Waals surface area contributed by atoms with E-state index in [1.807, 2.05) is 36.3 Å². The van der Waals surface area contributed by atoms with Gasteiger partial charge in [0, 0.05) is 30.8 Å². The lowest BCUT2D eigenvalue weighted by Gasteiger charge is -2.21. The van der Waals surface area contributed by atoms with Crippen LogP contribution in [0.5, 0.6) is 5.75 Å². The van der Waals surface area contributed by atoms with Crippen molar-refractivity contribution in [2.45, 2.75) is 96.2 Å². The molecule has 0 saturated carbocycles. The number of carbonyl (C=O) groups excluding carboxylic acids is 1. The van der Waals surface area contributed by atoms with E-state index in [4.69, 9.17) is 14.2 Å². The van der Waals surface area contributed by atoms with Gasteiger partial charge in [0.25, 0.3) is 5.91 Å². The molecule has 4 rings (SSSR count). The van der Waals surface area contributed by atoms with Gasteiger partial charge in [0.1, 0.15) is 12.4 Å². The number of hydrogen-bond donors (Lipinski definition) is 0. The van der Waals surface area contributed by atoms with Crippen molar-refractivity contribution in [3.8, 4) is 5.75 Å². The van der Waals surface area contributed by atoms with E-state index in [9.17, 15) is 18.0 Å². The molecule has 2 aromatic rings. The largest absolute Gasteiger partial charge is 0.490 e. The number of halogens is 3. The summed E-state index contributed by atoms with van der Waals surface area (Å²) in [4.78, 5) is 17.8. The van der Waals surface area contributed by atoms with Crippen LogP contribution in [0.15, 0.2) is 29.3 Å². The second-order valence-corrected chi connectivity index (χ2v) is 11.9. The highest BCUT2D eigenvalue weighted by Crippen LogP contribution is 2.34. The van der Waals surface area contributed by atoms with Crippen molar-refractivity contribution >= 4 is 5.91 Å². The van der Waals surface area contributed by atoms with Gasteiger partial charge in [-0.05, 0) is 57.7 Å². The molecular formula is C28H38F3N3O4. The van der Waals surface area contributed by atoms with E-state index in [-0.39, 0.29) is 41.1 Å². The van der Waals surface area contributed by atoms with Gasteiger partial charge < -0.3 is 14.2 Å². The average Bonchev–Trinajstić information content (AvgIpc) is 3.52. The summed E-state index contributed by atoms with van der Waals surface area (Å²) in [7, 11) is 1.89. The Labute approximate surface area is 221 Å². The smallest absolute Gasteiger partial charge is 0.416 e. The van der Waals surface area contributed by atoms with E-state index >= 15 is 0 Å². The van der Waals surface area contributed by atoms with Crippen molar-refractivity contribution in [2.24, 2.45) is 12.0 Å². The molecule has 0 aliphatic carbocycles. The van der Waals surface area contributed by atoms with Gasteiger partial charge in [0.15, 0.2) is 5.49 Å². The van der Waals surface area contributed by atoms with Crippen LogP contribution in [0.25, 0.3) is 0 Å². The Bertz CT molecular complexity index is 1230. The van der Waals surface area contributed by atoms with Crippen LogP contribution in [-0.2, 0) is 34.7 Å². The summed E-state index contributed by atoms with van der Waals surface area (Å²) in [6.45, 7) is 11.4. The molecule has 7 nitrogen and oxygen atoms in total. The highest BCUT2D eigenvalue weighted by atomic mass is 19.4. The lowest BCUT2D eigenvalue weighted by atomic mass is 9.92. The molecule has 1 aromatic heterocycles. The van der Waals surface area contributed by atoms with Gasteiger partial charge in [-0.25, -0.2) is 0 Å². The van der Waals surface area contributed by atoms with Crippen molar-refractivity contribution in [1.82, 2.24) is 9.36 Å². The minimum Gasteiger partial charge on any atom is -0.490 e. The zero-order chi connectivity index (χ0) is 27.9. The second kappa shape index (κ2) is 10.5. The predicted octanol–water partition coefficient (Wildman–Crippen LogP) is 5.40. The van der Waals surface area contributed by atoms with Crippen LogP contribution < -0.4 is 10.2 Å². The normalized spacial score (nSPS) is 22.3. The summed E-state index contributed by atoms with van der Waals surface area (Å²) in [6.07, 6.45) is -1.37. The van der Waals surface area contributed by atoms with Crippen LogP contribution in [0, 0.1) is 0 Å². The topological polar surface area (TPSA) is 67.0 Å². The van der Waals surface area contributed by atoms with Gasteiger partial charge in [0.05, 0.1) is 35.5 Å². The zero-order valence-electron chi connectivity index (χ0n) is 23.0. The van der Waals surface area contributed by atoms with E-state index in [1.54, 1.807) is 0 Å². The number of rotatable bonds is 6. The summed E-state index contributed by atoms with van der Waals surface area (Å²) in [5, 5.41) is 0. The highest BCUT2D eigenvalue weighted by Gasteiger charge is 2.34. The first kappa shape index (κ1) is 28.4. The van der Waals surface area contributed by atoms with Gasteiger partial charge in [-0.2, -0.15) is 18.2 Å².